The molecule has 1 fully saturated rings. The van der Waals surface area contributed by atoms with Crippen molar-refractivity contribution in [3.05, 3.63) is 34.9 Å². The van der Waals surface area contributed by atoms with E-state index >= 15 is 0 Å². The lowest BCUT2D eigenvalue weighted by atomic mass is 9.98. The molecule has 3 heteroatoms. The van der Waals surface area contributed by atoms with Gasteiger partial charge in [0, 0.05) is 6.04 Å². The monoisotopic (exact) mass is 277 g/mol. The summed E-state index contributed by atoms with van der Waals surface area (Å²) in [5, 5.41) is 3.62. The Morgan fingerprint density at radius 2 is 2.10 bits per heavy atom. The maximum absolute atomic E-state index is 5.88. The fraction of sp³-hybridized carbons (Fsp3) is 0.647. The molecule has 1 N–H and O–H groups in total. The normalized spacial score (nSPS) is 20.9. The van der Waals surface area contributed by atoms with E-state index in [4.69, 9.17) is 9.47 Å². The van der Waals surface area contributed by atoms with Crippen LogP contribution in [-0.2, 0) is 15.9 Å². The Morgan fingerprint density at radius 1 is 1.25 bits per heavy atom. The predicted octanol–water partition coefficient (Wildman–Crippen LogP) is 2.63. The fourth-order valence-electron chi connectivity index (χ4n) is 2.59. The van der Waals surface area contributed by atoms with Crippen molar-refractivity contribution in [2.75, 3.05) is 26.4 Å². The molecule has 1 saturated heterocycles. The molecule has 1 aromatic carbocycles. The van der Waals surface area contributed by atoms with Crippen LogP contribution in [0.15, 0.2) is 18.2 Å². The first-order valence-corrected chi connectivity index (χ1v) is 7.69. The van der Waals surface area contributed by atoms with Crippen molar-refractivity contribution >= 4 is 0 Å². The van der Waals surface area contributed by atoms with Gasteiger partial charge in [-0.3, -0.25) is 0 Å². The number of hydrogen-bond acceptors (Lipinski definition) is 3. The van der Waals surface area contributed by atoms with Gasteiger partial charge in [-0.05, 0) is 49.9 Å². The molecule has 2 unspecified atom stereocenters. The van der Waals surface area contributed by atoms with Gasteiger partial charge in [-0.1, -0.05) is 25.1 Å². The Bertz CT molecular complexity index is 413. The maximum atomic E-state index is 5.88. The molecule has 3 nitrogen and oxygen atoms in total. The van der Waals surface area contributed by atoms with Crippen LogP contribution in [-0.4, -0.2) is 38.5 Å². The van der Waals surface area contributed by atoms with Crippen molar-refractivity contribution < 1.29 is 9.47 Å². The first kappa shape index (κ1) is 15.5. The van der Waals surface area contributed by atoms with Crippen molar-refractivity contribution in [1.82, 2.24) is 5.32 Å². The van der Waals surface area contributed by atoms with Crippen LogP contribution in [0.25, 0.3) is 0 Å². The zero-order valence-electron chi connectivity index (χ0n) is 12.9. The van der Waals surface area contributed by atoms with Gasteiger partial charge in [-0.25, -0.2) is 0 Å². The summed E-state index contributed by atoms with van der Waals surface area (Å²) >= 11 is 0. The van der Waals surface area contributed by atoms with E-state index in [2.05, 4.69) is 44.3 Å². The largest absolute Gasteiger partial charge is 0.376 e. The van der Waals surface area contributed by atoms with Gasteiger partial charge < -0.3 is 14.8 Å². The highest BCUT2D eigenvalue weighted by molar-refractivity contribution is 5.30. The summed E-state index contributed by atoms with van der Waals surface area (Å²) in [6.45, 7) is 9.68. The summed E-state index contributed by atoms with van der Waals surface area (Å²) in [5.41, 5.74) is 4.08. The summed E-state index contributed by atoms with van der Waals surface area (Å²) in [6, 6.07) is 7.06. The third kappa shape index (κ3) is 4.30. The van der Waals surface area contributed by atoms with Crippen molar-refractivity contribution in [1.29, 1.82) is 0 Å². The second kappa shape index (κ2) is 7.77. The van der Waals surface area contributed by atoms with E-state index in [9.17, 15) is 0 Å². The van der Waals surface area contributed by atoms with Gasteiger partial charge in [0.15, 0.2) is 0 Å². The number of hydrogen-bond donors (Lipinski definition) is 1. The summed E-state index contributed by atoms with van der Waals surface area (Å²) < 4.78 is 11.4. The zero-order valence-corrected chi connectivity index (χ0v) is 12.9. The molecule has 0 radical (unpaired) electrons. The van der Waals surface area contributed by atoms with Gasteiger partial charge in [0.2, 0.25) is 0 Å². The number of aryl methyl sites for hydroxylation is 2. The van der Waals surface area contributed by atoms with E-state index in [0.29, 0.717) is 19.3 Å². The molecule has 0 aliphatic carbocycles. The highest BCUT2D eigenvalue weighted by Gasteiger charge is 2.24. The zero-order chi connectivity index (χ0) is 14.4. The van der Waals surface area contributed by atoms with Crippen LogP contribution in [0.4, 0.5) is 0 Å². The molecular weight excluding hydrogens is 250 g/mol. The van der Waals surface area contributed by atoms with Gasteiger partial charge in [-0.15, -0.1) is 0 Å². The molecule has 2 rings (SSSR count). The van der Waals surface area contributed by atoms with E-state index in [1.807, 2.05) is 0 Å². The molecular formula is C17H27NO2. The molecule has 0 amide bonds. The molecule has 112 valence electrons. The molecule has 20 heavy (non-hydrogen) atoms. The molecule has 1 aromatic rings. The SMILES string of the molecule is CCCNC(Cc1ccc(C)c(C)c1)C1COCCO1. The lowest BCUT2D eigenvalue weighted by Gasteiger charge is -2.31. The topological polar surface area (TPSA) is 30.5 Å². The molecule has 0 bridgehead atoms. The van der Waals surface area contributed by atoms with Crippen LogP contribution < -0.4 is 5.32 Å². The van der Waals surface area contributed by atoms with Crippen LogP contribution in [0.3, 0.4) is 0 Å². The Balaban J connectivity index is 2.03. The first-order chi connectivity index (χ1) is 9.70. The highest BCUT2D eigenvalue weighted by Crippen LogP contribution is 2.15. The smallest absolute Gasteiger partial charge is 0.0965 e. The minimum Gasteiger partial charge on any atom is -0.376 e. The Morgan fingerprint density at radius 3 is 2.75 bits per heavy atom. The fourth-order valence-corrected chi connectivity index (χ4v) is 2.59. The Hall–Kier alpha value is -0.900. The standard InChI is InChI=1S/C17H27NO2/c1-4-7-18-16(17-12-19-8-9-20-17)11-15-6-5-13(2)14(3)10-15/h5-6,10,16-18H,4,7-9,11-12H2,1-3H3. The van der Waals surface area contributed by atoms with Crippen LogP contribution >= 0.6 is 0 Å². The summed E-state index contributed by atoms with van der Waals surface area (Å²) in [7, 11) is 0. The molecule has 0 aromatic heterocycles. The molecule has 2 atom stereocenters. The third-order valence-corrected chi connectivity index (χ3v) is 3.97. The van der Waals surface area contributed by atoms with Crippen molar-refractivity contribution in [2.45, 2.75) is 45.8 Å². The lowest BCUT2D eigenvalue weighted by molar-refractivity contribution is -0.101. The highest BCUT2D eigenvalue weighted by atomic mass is 16.6. The van der Waals surface area contributed by atoms with Crippen LogP contribution in [0.5, 0.6) is 0 Å². The number of nitrogens with one attached hydrogen (secondary N) is 1. The number of rotatable bonds is 6. The molecule has 0 spiro atoms. The second-order valence-electron chi connectivity index (χ2n) is 5.67. The van der Waals surface area contributed by atoms with Crippen molar-refractivity contribution in [3.8, 4) is 0 Å². The van der Waals surface area contributed by atoms with Gasteiger partial charge in [0.25, 0.3) is 0 Å². The average molecular weight is 277 g/mol. The van der Waals surface area contributed by atoms with Gasteiger partial charge in [0.05, 0.1) is 25.9 Å². The lowest BCUT2D eigenvalue weighted by Crippen LogP contribution is -2.48. The van der Waals surface area contributed by atoms with E-state index in [0.717, 1.165) is 26.0 Å². The van der Waals surface area contributed by atoms with Crippen molar-refractivity contribution in [2.24, 2.45) is 0 Å². The summed E-state index contributed by atoms with van der Waals surface area (Å²) in [6.07, 6.45) is 2.29. The Labute approximate surface area is 122 Å². The quantitative estimate of drug-likeness (QED) is 0.867. The van der Waals surface area contributed by atoms with E-state index in [1.54, 1.807) is 0 Å². The van der Waals surface area contributed by atoms with Crippen LogP contribution in [0.2, 0.25) is 0 Å². The van der Waals surface area contributed by atoms with E-state index in [-0.39, 0.29) is 6.10 Å². The van der Waals surface area contributed by atoms with E-state index < -0.39 is 0 Å². The minimum absolute atomic E-state index is 0.164. The van der Waals surface area contributed by atoms with E-state index in [1.165, 1.54) is 16.7 Å². The minimum atomic E-state index is 0.164. The van der Waals surface area contributed by atoms with Crippen molar-refractivity contribution in [3.63, 3.8) is 0 Å². The Kier molecular flexibility index (Phi) is 6.02. The number of benzene rings is 1. The van der Waals surface area contributed by atoms with Crippen LogP contribution in [0, 0.1) is 13.8 Å². The summed E-state index contributed by atoms with van der Waals surface area (Å²) in [5.74, 6) is 0. The third-order valence-electron chi connectivity index (χ3n) is 3.97. The molecule has 1 aliphatic heterocycles. The molecule has 1 heterocycles. The average Bonchev–Trinajstić information content (AvgIpc) is 2.48. The first-order valence-electron chi connectivity index (χ1n) is 7.69. The van der Waals surface area contributed by atoms with Gasteiger partial charge >= 0.3 is 0 Å². The summed E-state index contributed by atoms with van der Waals surface area (Å²) in [4.78, 5) is 0. The number of ether oxygens (including phenoxy) is 2. The second-order valence-corrected chi connectivity index (χ2v) is 5.67. The van der Waals surface area contributed by atoms with Gasteiger partial charge in [-0.2, -0.15) is 0 Å². The van der Waals surface area contributed by atoms with Crippen LogP contribution in [0.1, 0.15) is 30.0 Å². The predicted molar refractivity (Wildman–Crippen MR) is 82.3 cm³/mol. The molecule has 0 saturated carbocycles. The maximum Gasteiger partial charge on any atom is 0.0965 e. The molecule has 1 aliphatic rings. The van der Waals surface area contributed by atoms with Gasteiger partial charge in [0.1, 0.15) is 0 Å².